The van der Waals surface area contributed by atoms with Gasteiger partial charge in [-0.3, -0.25) is 4.79 Å². The molecule has 2 N–H and O–H groups in total. The van der Waals surface area contributed by atoms with Crippen molar-refractivity contribution >= 4 is 17.6 Å². The summed E-state index contributed by atoms with van der Waals surface area (Å²) in [4.78, 5) is 31.3. The Morgan fingerprint density at radius 2 is 1.69 bits per heavy atom. The number of urea groups is 1. The molecule has 1 aromatic heterocycles. The molecule has 4 rings (SSSR count). The van der Waals surface area contributed by atoms with Gasteiger partial charge in [0.1, 0.15) is 5.75 Å². The fraction of sp³-hybridized carbons (Fsp3) is 0.480. The van der Waals surface area contributed by atoms with Crippen LogP contribution in [0, 0.1) is 12.8 Å². The number of aryl methyl sites for hydroxylation is 1. The lowest BCUT2D eigenvalue weighted by molar-refractivity contribution is -0.137. The topological polar surface area (TPSA) is 83.6 Å². The van der Waals surface area contributed by atoms with E-state index in [-0.39, 0.29) is 18.0 Å². The first-order valence-electron chi connectivity index (χ1n) is 11.6. The number of hydrogen-bond acceptors (Lipinski definition) is 4. The van der Waals surface area contributed by atoms with Crippen LogP contribution in [0.15, 0.2) is 42.6 Å². The fourth-order valence-corrected chi connectivity index (χ4v) is 4.45. The zero-order valence-corrected chi connectivity index (χ0v) is 18.7. The normalized spacial score (nSPS) is 17.6. The molecule has 2 heterocycles. The zero-order chi connectivity index (χ0) is 22.3. The Kier molecular flexibility index (Phi) is 7.24. The van der Waals surface area contributed by atoms with Crippen LogP contribution in [-0.2, 0) is 4.79 Å². The lowest BCUT2D eigenvalue weighted by Crippen LogP contribution is -2.49. The van der Waals surface area contributed by atoms with Gasteiger partial charge >= 0.3 is 6.03 Å². The first kappa shape index (κ1) is 22.1. The Morgan fingerprint density at radius 3 is 2.34 bits per heavy atom. The van der Waals surface area contributed by atoms with Crippen LogP contribution in [0.5, 0.6) is 11.6 Å². The van der Waals surface area contributed by atoms with E-state index in [4.69, 9.17) is 4.74 Å². The van der Waals surface area contributed by atoms with Crippen LogP contribution in [0.1, 0.15) is 50.5 Å². The highest BCUT2D eigenvalue weighted by Gasteiger charge is 2.29. The molecular weight excluding hydrogens is 404 g/mol. The van der Waals surface area contributed by atoms with Crippen LogP contribution in [0.3, 0.4) is 0 Å². The molecule has 3 amide bonds. The summed E-state index contributed by atoms with van der Waals surface area (Å²) in [5.41, 5.74) is 1.76. The first-order valence-corrected chi connectivity index (χ1v) is 11.6. The number of nitrogens with one attached hydrogen (secondary N) is 2. The minimum atomic E-state index is -0.226. The maximum absolute atomic E-state index is 12.7. The predicted molar refractivity (Wildman–Crippen MR) is 124 cm³/mol. The van der Waals surface area contributed by atoms with E-state index in [1.54, 1.807) is 30.5 Å². The number of likely N-dealkylation sites (tertiary alicyclic amines) is 1. The second-order valence-electron chi connectivity index (χ2n) is 8.83. The van der Waals surface area contributed by atoms with Crippen molar-refractivity contribution in [2.75, 3.05) is 18.4 Å². The van der Waals surface area contributed by atoms with Crippen molar-refractivity contribution in [2.24, 2.45) is 5.92 Å². The number of hydrogen-bond donors (Lipinski definition) is 2. The molecule has 7 nitrogen and oxygen atoms in total. The highest BCUT2D eigenvalue weighted by molar-refractivity contribution is 5.89. The molecule has 0 radical (unpaired) electrons. The minimum absolute atomic E-state index is 0.0839. The van der Waals surface area contributed by atoms with E-state index in [1.807, 2.05) is 24.0 Å². The number of piperidine rings is 1. The Balaban J connectivity index is 1.20. The van der Waals surface area contributed by atoms with Gasteiger partial charge < -0.3 is 20.3 Å². The van der Waals surface area contributed by atoms with Gasteiger partial charge in [0.25, 0.3) is 0 Å². The second-order valence-corrected chi connectivity index (χ2v) is 8.83. The van der Waals surface area contributed by atoms with Gasteiger partial charge in [-0.05, 0) is 62.4 Å². The summed E-state index contributed by atoms with van der Waals surface area (Å²) in [6.45, 7) is 3.42. The van der Waals surface area contributed by atoms with Gasteiger partial charge in [-0.15, -0.1) is 0 Å². The highest BCUT2D eigenvalue weighted by atomic mass is 16.5. The Morgan fingerprint density at radius 1 is 0.969 bits per heavy atom. The van der Waals surface area contributed by atoms with Gasteiger partial charge in [0.15, 0.2) is 0 Å². The van der Waals surface area contributed by atoms with E-state index in [9.17, 15) is 9.59 Å². The molecule has 1 saturated carbocycles. The maximum Gasteiger partial charge on any atom is 0.319 e. The number of carbonyl (C=O) groups excluding carboxylic acids is 2. The Hall–Kier alpha value is -3.09. The highest BCUT2D eigenvalue weighted by Crippen LogP contribution is 2.27. The van der Waals surface area contributed by atoms with Crippen LogP contribution in [0.4, 0.5) is 10.5 Å². The molecule has 0 atom stereocenters. The largest absolute Gasteiger partial charge is 0.439 e. The van der Waals surface area contributed by atoms with Crippen LogP contribution in [0.25, 0.3) is 0 Å². The summed E-state index contributed by atoms with van der Waals surface area (Å²) in [6.07, 6.45) is 9.01. The summed E-state index contributed by atoms with van der Waals surface area (Å²) in [6, 6.07) is 10.8. The molecule has 1 aromatic carbocycles. The number of nitrogens with zero attached hydrogens (tertiary/aromatic N) is 2. The maximum atomic E-state index is 12.7. The quantitative estimate of drug-likeness (QED) is 0.700. The van der Waals surface area contributed by atoms with E-state index in [0.29, 0.717) is 23.2 Å². The van der Waals surface area contributed by atoms with Gasteiger partial charge in [0.05, 0.1) is 0 Å². The third-order valence-electron chi connectivity index (χ3n) is 6.32. The fourth-order valence-electron chi connectivity index (χ4n) is 4.45. The summed E-state index contributed by atoms with van der Waals surface area (Å²) in [5.74, 6) is 1.71. The summed E-state index contributed by atoms with van der Waals surface area (Å²) in [7, 11) is 0. The monoisotopic (exact) mass is 436 g/mol. The minimum Gasteiger partial charge on any atom is -0.439 e. The number of anilines is 1. The molecule has 170 valence electrons. The molecule has 7 heteroatoms. The van der Waals surface area contributed by atoms with Crippen molar-refractivity contribution in [2.45, 2.75) is 57.9 Å². The van der Waals surface area contributed by atoms with Gasteiger partial charge in [-0.1, -0.05) is 25.3 Å². The second kappa shape index (κ2) is 10.5. The first-order chi connectivity index (χ1) is 15.6. The molecule has 1 aliphatic carbocycles. The molecule has 1 aliphatic heterocycles. The number of pyridine rings is 1. The standard InChI is InChI=1S/C25H32N4O3/c1-18-7-12-23(26-17-18)32-22-10-8-20(9-11-22)27-25(31)28-21-13-15-29(16-14-21)24(30)19-5-3-2-4-6-19/h7-12,17,19,21H,2-6,13-16H2,1H3,(H2,27,28,31). The molecule has 2 aromatic rings. The van der Waals surface area contributed by atoms with Crippen LogP contribution < -0.4 is 15.4 Å². The predicted octanol–water partition coefficient (Wildman–Crippen LogP) is 4.88. The third kappa shape index (κ3) is 5.99. The molecule has 1 saturated heterocycles. The Labute approximate surface area is 189 Å². The van der Waals surface area contributed by atoms with E-state index in [2.05, 4.69) is 15.6 Å². The number of benzene rings is 1. The van der Waals surface area contributed by atoms with Crippen LogP contribution >= 0.6 is 0 Å². The SMILES string of the molecule is Cc1ccc(Oc2ccc(NC(=O)NC3CCN(C(=O)C4CCCCC4)CC3)cc2)nc1. The number of ether oxygens (including phenoxy) is 1. The number of carbonyl (C=O) groups is 2. The number of rotatable bonds is 5. The van der Waals surface area contributed by atoms with Crippen LogP contribution in [0.2, 0.25) is 0 Å². The van der Waals surface area contributed by atoms with Crippen molar-refractivity contribution in [3.63, 3.8) is 0 Å². The average Bonchev–Trinajstić information content (AvgIpc) is 2.82. The van der Waals surface area contributed by atoms with Gasteiger partial charge in [-0.25, -0.2) is 9.78 Å². The van der Waals surface area contributed by atoms with Crippen molar-refractivity contribution < 1.29 is 14.3 Å². The lowest BCUT2D eigenvalue weighted by Gasteiger charge is -2.35. The van der Waals surface area contributed by atoms with Crippen molar-refractivity contribution in [3.8, 4) is 11.6 Å². The lowest BCUT2D eigenvalue weighted by atomic mass is 9.87. The van der Waals surface area contributed by atoms with Gasteiger partial charge in [0, 0.05) is 43.0 Å². The smallest absolute Gasteiger partial charge is 0.319 e. The molecule has 32 heavy (non-hydrogen) atoms. The van der Waals surface area contributed by atoms with E-state index in [1.165, 1.54) is 19.3 Å². The van der Waals surface area contributed by atoms with Gasteiger partial charge in [-0.2, -0.15) is 0 Å². The number of amides is 3. The molecule has 0 unspecified atom stereocenters. The van der Waals surface area contributed by atoms with E-state index >= 15 is 0 Å². The molecule has 0 spiro atoms. The third-order valence-corrected chi connectivity index (χ3v) is 6.32. The number of aromatic nitrogens is 1. The summed E-state index contributed by atoms with van der Waals surface area (Å²) in [5, 5.41) is 5.91. The van der Waals surface area contributed by atoms with Gasteiger partial charge in [0.2, 0.25) is 11.8 Å². The molecular formula is C25H32N4O3. The average molecular weight is 437 g/mol. The Bertz CT molecular complexity index is 900. The van der Waals surface area contributed by atoms with E-state index < -0.39 is 0 Å². The summed E-state index contributed by atoms with van der Waals surface area (Å²) >= 11 is 0. The van der Waals surface area contributed by atoms with Crippen LogP contribution in [-0.4, -0.2) is 41.0 Å². The van der Waals surface area contributed by atoms with Crippen molar-refractivity contribution in [3.05, 3.63) is 48.2 Å². The molecule has 0 bridgehead atoms. The molecule has 2 aliphatic rings. The molecule has 2 fully saturated rings. The van der Waals surface area contributed by atoms with Crippen molar-refractivity contribution in [1.82, 2.24) is 15.2 Å². The zero-order valence-electron chi connectivity index (χ0n) is 18.7. The van der Waals surface area contributed by atoms with E-state index in [0.717, 1.165) is 44.3 Å². The summed E-state index contributed by atoms with van der Waals surface area (Å²) < 4.78 is 5.72. The van der Waals surface area contributed by atoms with Crippen molar-refractivity contribution in [1.29, 1.82) is 0 Å².